The van der Waals surface area contributed by atoms with Crippen molar-refractivity contribution in [3.05, 3.63) is 185 Å². The Balaban J connectivity index is 0.000000211. The third kappa shape index (κ3) is 14.5. The first kappa shape index (κ1) is 56.3. The van der Waals surface area contributed by atoms with Crippen LogP contribution in [0.15, 0.2) is 133 Å². The molecule has 4 aromatic carbocycles. The zero-order valence-electron chi connectivity index (χ0n) is 41.5. The van der Waals surface area contributed by atoms with Crippen LogP contribution in [-0.4, -0.2) is 80.5 Å². The van der Waals surface area contributed by atoms with E-state index in [9.17, 15) is 14.7 Å². The Bertz CT molecular complexity index is 3120. The Morgan fingerprint density at radius 3 is 1.83 bits per heavy atom. The number of benzene rings is 4. The molecular formula is C55H60KN11O5. The fourth-order valence-electron chi connectivity index (χ4n) is 7.80. The van der Waals surface area contributed by atoms with Gasteiger partial charge in [-0.3, -0.25) is 9.36 Å². The van der Waals surface area contributed by atoms with Gasteiger partial charge in [-0.25, -0.2) is 33.8 Å². The van der Waals surface area contributed by atoms with Crippen LogP contribution in [0, 0.1) is 25.2 Å². The van der Waals surface area contributed by atoms with Gasteiger partial charge in [-0.1, -0.05) is 101 Å². The second-order valence-corrected chi connectivity index (χ2v) is 17.5. The predicted molar refractivity (Wildman–Crippen MR) is 271 cm³/mol. The van der Waals surface area contributed by atoms with Gasteiger partial charge in [-0.15, -0.1) is 5.60 Å². The summed E-state index contributed by atoms with van der Waals surface area (Å²) >= 11 is 0. The van der Waals surface area contributed by atoms with Gasteiger partial charge in [0.1, 0.15) is 31.2 Å². The number of nitrogens with zero attached hydrogens (tertiary/aromatic N) is 11. The molecule has 10 rings (SSSR count). The average molecular weight is 994 g/mol. The molecule has 6 heterocycles. The molecule has 0 spiro atoms. The third-order valence-corrected chi connectivity index (χ3v) is 10.8. The summed E-state index contributed by atoms with van der Waals surface area (Å²) in [7, 11) is 0. The topological polar surface area (TPSA) is 196 Å². The Hall–Kier alpha value is -6.65. The average Bonchev–Trinajstić information content (AvgIpc) is 4.14. The number of hydrogen-bond acceptors (Lipinski definition) is 12. The molecule has 16 nitrogen and oxygen atoms in total. The Kier molecular flexibility index (Phi) is 20.4. The van der Waals surface area contributed by atoms with E-state index in [2.05, 4.69) is 100 Å². The quantitative estimate of drug-likeness (QED) is 0.132. The minimum atomic E-state index is -0.750. The molecule has 0 atom stereocenters. The number of aryl methyl sites for hydroxylation is 2. The molecule has 366 valence electrons. The van der Waals surface area contributed by atoms with E-state index in [1.807, 2.05) is 56.7 Å². The van der Waals surface area contributed by atoms with Gasteiger partial charge in [-0.2, -0.15) is 20.6 Å². The van der Waals surface area contributed by atoms with Crippen molar-refractivity contribution in [3.8, 4) is 23.1 Å². The minimum absolute atomic E-state index is 0. The molecule has 0 fully saturated rings. The maximum absolute atomic E-state index is 12.6. The molecule has 0 bridgehead atoms. The standard InChI is InChI=1S/C24H22N4O2.C21H18N6.C5H7NO2.C4H9O.CH4.K/c1-3-30-24(29)23-22-13-20-18(12-17-7-5-4-6-8-17)14-26-28(20)21-11-16(2)9-10-19(21)27(22)15-25-23;1-15-7-8-18-20(9-15)27-19(11-21(25-18)26-14-22-13-24-26)17(12-23-27)10-16-5-3-2-4-6-16;1-2-8-5(7)3-4-6;1-4(2,3)5;;/h4-11,14-15H,3,12-13H2,1-2H3;2-9,12-14H,10-11H2,1H3;2-3H2,1H3;1-3H3;1H4;/q;;;-1;;+1. The summed E-state index contributed by atoms with van der Waals surface area (Å²) in [5, 5.41) is 31.7. The number of ether oxygens (including phenoxy) is 2. The molecule has 0 N–H and O–H groups in total. The number of rotatable bonds is 8. The van der Waals surface area contributed by atoms with Crippen LogP contribution in [0.3, 0.4) is 0 Å². The summed E-state index contributed by atoms with van der Waals surface area (Å²) in [6.45, 7) is 13.2. The summed E-state index contributed by atoms with van der Waals surface area (Å²) in [4.78, 5) is 36.1. The summed E-state index contributed by atoms with van der Waals surface area (Å²) < 4.78 is 17.4. The SMILES string of the molecule is C.CC(C)(C)[O-].CCOC(=O)CC#N.CCOC(=O)c1ncn2c1Cc1c(Cc3ccccc3)cnn1-c1cc(C)ccc1-2.Cc1ccc2c(c1)-n1ncc(Cc3ccccc3)c1CC(n1cncn1)=N2.[K+]. The molecule has 0 unspecified atom stereocenters. The maximum Gasteiger partial charge on any atom is 1.00 e. The van der Waals surface area contributed by atoms with Gasteiger partial charge in [0.15, 0.2) is 5.69 Å². The molecule has 2 aliphatic rings. The van der Waals surface area contributed by atoms with Crippen molar-refractivity contribution in [2.75, 3.05) is 13.2 Å². The number of fused-ring (bicyclic) bond motifs is 8. The van der Waals surface area contributed by atoms with Gasteiger partial charge >= 0.3 is 63.3 Å². The number of aliphatic imine (C=N–C) groups is 1. The number of aromatic nitrogens is 9. The van der Waals surface area contributed by atoms with E-state index in [1.165, 1.54) is 28.6 Å². The Labute approximate surface area is 463 Å². The first-order valence-electron chi connectivity index (χ1n) is 23.0. The number of imidazole rings is 1. The normalized spacial score (nSPS) is 11.5. The monoisotopic (exact) mass is 993 g/mol. The largest absolute Gasteiger partial charge is 1.00 e. The summed E-state index contributed by atoms with van der Waals surface area (Å²) in [5.41, 5.74) is 13.6. The molecular weight excluding hydrogens is 934 g/mol. The van der Waals surface area contributed by atoms with Crippen molar-refractivity contribution in [2.24, 2.45) is 4.99 Å². The predicted octanol–water partition coefficient (Wildman–Crippen LogP) is 5.78. The van der Waals surface area contributed by atoms with Crippen molar-refractivity contribution in [1.82, 2.24) is 43.9 Å². The smallest absolute Gasteiger partial charge is 0.850 e. The van der Waals surface area contributed by atoms with Crippen LogP contribution in [0.2, 0.25) is 0 Å². The van der Waals surface area contributed by atoms with E-state index < -0.39 is 17.5 Å². The number of hydrogen-bond donors (Lipinski definition) is 0. The molecule has 0 saturated heterocycles. The van der Waals surface area contributed by atoms with Crippen molar-refractivity contribution in [3.63, 3.8) is 0 Å². The van der Waals surface area contributed by atoms with E-state index in [1.54, 1.807) is 58.0 Å². The molecule has 2 aliphatic heterocycles. The van der Waals surface area contributed by atoms with Crippen LogP contribution in [0.4, 0.5) is 5.69 Å². The molecule has 17 heteroatoms. The van der Waals surface area contributed by atoms with Gasteiger partial charge in [-0.05, 0) is 85.3 Å². The second-order valence-electron chi connectivity index (χ2n) is 17.5. The van der Waals surface area contributed by atoms with Crippen molar-refractivity contribution < 1.29 is 75.6 Å². The van der Waals surface area contributed by atoms with Crippen LogP contribution < -0.4 is 56.5 Å². The third-order valence-electron chi connectivity index (χ3n) is 10.8. The second kappa shape index (κ2) is 26.2. The fraction of sp³-hybridized carbons (Fsp3) is 0.291. The first-order chi connectivity index (χ1) is 33.7. The van der Waals surface area contributed by atoms with Crippen molar-refractivity contribution in [1.29, 1.82) is 5.26 Å². The number of carbonyl (C=O) groups is 2. The van der Waals surface area contributed by atoms with E-state index in [4.69, 9.17) is 25.2 Å². The van der Waals surface area contributed by atoms with Gasteiger partial charge < -0.3 is 14.6 Å². The van der Waals surface area contributed by atoms with E-state index in [0.29, 0.717) is 31.7 Å². The fourth-order valence-corrected chi connectivity index (χ4v) is 7.80. The maximum atomic E-state index is 12.6. The number of esters is 2. The molecule has 0 saturated carbocycles. The summed E-state index contributed by atoms with van der Waals surface area (Å²) in [6, 6.07) is 35.0. The number of carbonyl (C=O) groups excluding carboxylic acids is 2. The molecule has 0 amide bonds. The van der Waals surface area contributed by atoms with Crippen molar-refractivity contribution in [2.45, 2.75) is 93.6 Å². The van der Waals surface area contributed by atoms with Crippen LogP contribution in [0.1, 0.15) is 109 Å². The molecule has 0 aliphatic carbocycles. The van der Waals surface area contributed by atoms with E-state index in [0.717, 1.165) is 69.6 Å². The minimum Gasteiger partial charge on any atom is -0.850 e. The zero-order chi connectivity index (χ0) is 49.8. The molecule has 8 aromatic rings. The Morgan fingerprint density at radius 1 is 0.722 bits per heavy atom. The molecule has 4 aromatic heterocycles. The van der Waals surface area contributed by atoms with Crippen LogP contribution >= 0.6 is 0 Å². The first-order valence-corrected chi connectivity index (χ1v) is 23.0. The van der Waals surface area contributed by atoms with Gasteiger partial charge in [0.05, 0.1) is 77.9 Å². The van der Waals surface area contributed by atoms with Gasteiger partial charge in [0, 0.05) is 19.3 Å². The van der Waals surface area contributed by atoms with Gasteiger partial charge in [0.2, 0.25) is 0 Å². The summed E-state index contributed by atoms with van der Waals surface area (Å²) in [6.07, 6.45) is 11.5. The zero-order valence-corrected chi connectivity index (χ0v) is 44.7. The Morgan fingerprint density at radius 2 is 1.28 bits per heavy atom. The van der Waals surface area contributed by atoms with Crippen LogP contribution in [-0.2, 0) is 40.0 Å². The van der Waals surface area contributed by atoms with Crippen molar-refractivity contribution >= 4 is 23.5 Å². The van der Waals surface area contributed by atoms with E-state index in [-0.39, 0.29) is 65.2 Å². The van der Waals surface area contributed by atoms with Gasteiger partial charge in [0.25, 0.3) is 0 Å². The van der Waals surface area contributed by atoms with Crippen LogP contribution in [0.5, 0.6) is 0 Å². The van der Waals surface area contributed by atoms with Crippen LogP contribution in [0.25, 0.3) is 17.1 Å². The number of nitriles is 1. The van der Waals surface area contributed by atoms with E-state index >= 15 is 0 Å². The molecule has 0 radical (unpaired) electrons. The molecule has 72 heavy (non-hydrogen) atoms. The summed E-state index contributed by atoms with van der Waals surface area (Å²) in [5.74, 6) is -0.00125.